The first-order chi connectivity index (χ1) is 13.5. The first-order valence-corrected chi connectivity index (χ1v) is 8.95. The van der Waals surface area contributed by atoms with Gasteiger partial charge < -0.3 is 21.7 Å². The number of primary amides is 1. The molecule has 0 saturated heterocycles. The Labute approximate surface area is 167 Å². The number of benzene rings is 3. The lowest BCUT2D eigenvalue weighted by molar-refractivity contribution is 0.100. The van der Waals surface area contributed by atoms with E-state index in [9.17, 15) is 9.59 Å². The van der Waals surface area contributed by atoms with E-state index in [1.807, 2.05) is 24.3 Å². The number of halogens is 1. The van der Waals surface area contributed by atoms with Crippen molar-refractivity contribution < 1.29 is 9.59 Å². The molecule has 3 amide bonds. The van der Waals surface area contributed by atoms with Crippen molar-refractivity contribution in [3.63, 3.8) is 0 Å². The molecule has 0 fully saturated rings. The van der Waals surface area contributed by atoms with Crippen molar-refractivity contribution in [3.8, 4) is 0 Å². The van der Waals surface area contributed by atoms with Crippen molar-refractivity contribution in [2.45, 2.75) is 6.54 Å². The van der Waals surface area contributed by atoms with Crippen molar-refractivity contribution in [3.05, 3.63) is 88.9 Å². The highest BCUT2D eigenvalue weighted by Crippen LogP contribution is 2.20. The van der Waals surface area contributed by atoms with Crippen LogP contribution in [0.2, 0.25) is 5.02 Å². The van der Waals surface area contributed by atoms with Gasteiger partial charge in [-0.25, -0.2) is 4.79 Å². The first kappa shape index (κ1) is 19.3. The van der Waals surface area contributed by atoms with E-state index in [1.54, 1.807) is 48.5 Å². The molecule has 0 bridgehead atoms. The molecule has 6 nitrogen and oxygen atoms in total. The van der Waals surface area contributed by atoms with E-state index in [2.05, 4.69) is 16.0 Å². The topological polar surface area (TPSA) is 96.2 Å². The molecule has 0 radical (unpaired) electrons. The fraction of sp³-hybridized carbons (Fsp3) is 0.0476. The molecule has 0 aliphatic carbocycles. The molecule has 3 aromatic rings. The zero-order valence-corrected chi connectivity index (χ0v) is 15.7. The maximum atomic E-state index is 12.3. The summed E-state index contributed by atoms with van der Waals surface area (Å²) in [5.74, 6) is -0.504. The fourth-order valence-corrected chi connectivity index (χ4v) is 2.88. The second kappa shape index (κ2) is 8.92. The molecule has 0 spiro atoms. The minimum absolute atomic E-state index is 0.382. The third-order valence-electron chi connectivity index (χ3n) is 4.01. The Bertz CT molecular complexity index is 1010. The molecule has 28 heavy (non-hydrogen) atoms. The monoisotopic (exact) mass is 394 g/mol. The van der Waals surface area contributed by atoms with Crippen LogP contribution in [0, 0.1) is 0 Å². The summed E-state index contributed by atoms with van der Waals surface area (Å²) >= 11 is 5.94. The molecule has 0 atom stereocenters. The fourth-order valence-electron chi connectivity index (χ4n) is 2.69. The van der Waals surface area contributed by atoms with E-state index in [-0.39, 0.29) is 6.03 Å². The van der Waals surface area contributed by atoms with Crippen molar-refractivity contribution >= 4 is 40.6 Å². The number of carbonyl (C=O) groups is 2. The van der Waals surface area contributed by atoms with Crippen molar-refractivity contribution in [2.75, 3.05) is 16.0 Å². The van der Waals surface area contributed by atoms with Gasteiger partial charge in [-0.15, -0.1) is 0 Å². The summed E-state index contributed by atoms with van der Waals surface area (Å²) in [5.41, 5.74) is 8.54. The highest BCUT2D eigenvalue weighted by molar-refractivity contribution is 6.30. The largest absolute Gasteiger partial charge is 0.380 e. The van der Waals surface area contributed by atoms with Crippen LogP contribution in [-0.4, -0.2) is 11.9 Å². The molecular formula is C21H19ClN4O2. The van der Waals surface area contributed by atoms with E-state index in [4.69, 9.17) is 17.3 Å². The summed E-state index contributed by atoms with van der Waals surface area (Å²) in [6.07, 6.45) is 0. The molecule has 3 aromatic carbocycles. The number of nitrogens with one attached hydrogen (secondary N) is 3. The SMILES string of the molecule is NC(=O)c1ccccc1NCc1ccccc1NC(=O)Nc1cccc(Cl)c1. The van der Waals surface area contributed by atoms with Crippen LogP contribution in [0.4, 0.5) is 21.9 Å². The van der Waals surface area contributed by atoms with Gasteiger partial charge in [0.1, 0.15) is 0 Å². The summed E-state index contributed by atoms with van der Waals surface area (Å²) in [6.45, 7) is 0.401. The summed E-state index contributed by atoms with van der Waals surface area (Å²) in [4.78, 5) is 23.9. The van der Waals surface area contributed by atoms with Crippen molar-refractivity contribution in [2.24, 2.45) is 5.73 Å². The molecular weight excluding hydrogens is 376 g/mol. The molecule has 0 aliphatic heterocycles. The highest BCUT2D eigenvalue weighted by atomic mass is 35.5. The molecule has 0 aliphatic rings. The van der Waals surface area contributed by atoms with Crippen molar-refractivity contribution in [1.29, 1.82) is 0 Å². The van der Waals surface area contributed by atoms with Crippen LogP contribution in [0.1, 0.15) is 15.9 Å². The zero-order chi connectivity index (χ0) is 19.9. The van der Waals surface area contributed by atoms with E-state index >= 15 is 0 Å². The summed E-state index contributed by atoms with van der Waals surface area (Å²) in [5, 5.41) is 9.30. The van der Waals surface area contributed by atoms with E-state index in [0.717, 1.165) is 5.56 Å². The lowest BCUT2D eigenvalue weighted by atomic mass is 10.1. The quantitative estimate of drug-likeness (QED) is 0.488. The average Bonchev–Trinajstić information content (AvgIpc) is 2.67. The average molecular weight is 395 g/mol. The molecule has 7 heteroatoms. The number of urea groups is 1. The predicted octanol–water partition coefficient (Wildman–Crippen LogP) is 4.70. The number of amides is 3. The van der Waals surface area contributed by atoms with Crippen LogP contribution < -0.4 is 21.7 Å². The molecule has 3 rings (SSSR count). The third kappa shape index (κ3) is 5.02. The number of nitrogens with two attached hydrogens (primary N) is 1. The zero-order valence-electron chi connectivity index (χ0n) is 14.9. The smallest absolute Gasteiger partial charge is 0.323 e. The van der Waals surface area contributed by atoms with Gasteiger partial charge in [-0.05, 0) is 42.0 Å². The van der Waals surface area contributed by atoms with Crippen LogP contribution in [0.5, 0.6) is 0 Å². The van der Waals surface area contributed by atoms with Crippen LogP contribution in [-0.2, 0) is 6.54 Å². The normalized spacial score (nSPS) is 10.2. The van der Waals surface area contributed by atoms with Crippen molar-refractivity contribution in [1.82, 2.24) is 0 Å². The van der Waals surface area contributed by atoms with Gasteiger partial charge in [-0.3, -0.25) is 4.79 Å². The molecule has 0 heterocycles. The molecule has 5 N–H and O–H groups in total. The Morgan fingerprint density at radius 1 is 0.857 bits per heavy atom. The van der Waals surface area contributed by atoms with Gasteiger partial charge >= 0.3 is 6.03 Å². The number of hydrogen-bond donors (Lipinski definition) is 4. The van der Waals surface area contributed by atoms with E-state index in [1.165, 1.54) is 0 Å². The van der Waals surface area contributed by atoms with E-state index < -0.39 is 5.91 Å². The number of hydrogen-bond acceptors (Lipinski definition) is 3. The molecule has 0 saturated carbocycles. The maximum absolute atomic E-state index is 12.3. The Morgan fingerprint density at radius 3 is 2.32 bits per heavy atom. The molecule has 142 valence electrons. The van der Waals surface area contributed by atoms with Crippen LogP contribution >= 0.6 is 11.6 Å². The second-order valence-corrected chi connectivity index (χ2v) is 6.45. The number of anilines is 3. The number of rotatable bonds is 6. The van der Waals surface area contributed by atoms with Crippen LogP contribution in [0.25, 0.3) is 0 Å². The first-order valence-electron chi connectivity index (χ1n) is 8.57. The standard InChI is InChI=1S/C21H19ClN4O2/c22-15-7-5-8-16(12-15)25-21(28)26-18-10-3-1-6-14(18)13-24-19-11-4-2-9-17(19)20(23)27/h1-12,24H,13H2,(H2,23,27)(H2,25,26,28). The van der Waals surface area contributed by atoms with E-state index in [0.29, 0.717) is 34.2 Å². The Kier molecular flexibility index (Phi) is 6.14. The Morgan fingerprint density at radius 2 is 1.57 bits per heavy atom. The summed E-state index contributed by atoms with van der Waals surface area (Å²) in [6, 6.07) is 20.9. The summed E-state index contributed by atoms with van der Waals surface area (Å²) in [7, 11) is 0. The minimum Gasteiger partial charge on any atom is -0.380 e. The third-order valence-corrected chi connectivity index (χ3v) is 4.24. The second-order valence-electron chi connectivity index (χ2n) is 6.01. The van der Waals surface area contributed by atoms with Crippen LogP contribution in [0.15, 0.2) is 72.8 Å². The molecule has 0 aromatic heterocycles. The minimum atomic E-state index is -0.504. The van der Waals surface area contributed by atoms with Gasteiger partial charge in [0.25, 0.3) is 5.91 Å². The van der Waals surface area contributed by atoms with Gasteiger partial charge in [0.15, 0.2) is 0 Å². The molecule has 0 unspecified atom stereocenters. The lowest BCUT2D eigenvalue weighted by Crippen LogP contribution is -2.20. The number of carbonyl (C=O) groups excluding carboxylic acids is 2. The Hall–Kier alpha value is -3.51. The van der Waals surface area contributed by atoms with Gasteiger partial charge in [0.2, 0.25) is 0 Å². The number of para-hydroxylation sites is 2. The lowest BCUT2D eigenvalue weighted by Gasteiger charge is -2.14. The van der Waals surface area contributed by atoms with Gasteiger partial charge in [-0.1, -0.05) is 48.0 Å². The van der Waals surface area contributed by atoms with Gasteiger partial charge in [0.05, 0.1) is 5.56 Å². The highest BCUT2D eigenvalue weighted by Gasteiger charge is 2.10. The summed E-state index contributed by atoms with van der Waals surface area (Å²) < 4.78 is 0. The van der Waals surface area contributed by atoms with Gasteiger partial charge in [-0.2, -0.15) is 0 Å². The Balaban J connectivity index is 1.69. The van der Waals surface area contributed by atoms with Gasteiger partial charge in [0, 0.05) is 28.6 Å². The van der Waals surface area contributed by atoms with Crippen LogP contribution in [0.3, 0.4) is 0 Å². The maximum Gasteiger partial charge on any atom is 0.323 e. The predicted molar refractivity (Wildman–Crippen MR) is 113 cm³/mol.